The van der Waals surface area contributed by atoms with Crippen molar-refractivity contribution in [3.05, 3.63) is 54.1 Å². The predicted octanol–water partition coefficient (Wildman–Crippen LogP) is 6.89. The SMILES string of the molecule is CC[C@@H](OC(=O)C(C)[C@@H](C1C[C@@](C)(OC)[C@@H](O)[C@H](C)O1)[C@H](C)[C@@H](O[C@@H]1O[C@H](C)C[C@H](N(C)CCc2cn([C@H](CF)[C@H](OC)c3ccc(-c4cnc(N)nc4)cc3)nn2)[C@H]1O)[C@@](C)(C[C@@H](C)C1=N[C@@H]2COC[C@@H]2C[C@H]1C)OC)C(C)(C)OC(N)=O. The van der Waals surface area contributed by atoms with E-state index in [0.29, 0.717) is 57.1 Å². The van der Waals surface area contributed by atoms with E-state index in [9.17, 15) is 19.8 Å². The molecule has 3 saturated heterocycles. The van der Waals surface area contributed by atoms with E-state index in [2.05, 4.69) is 39.0 Å². The molecule has 7 rings (SSSR count). The van der Waals surface area contributed by atoms with Gasteiger partial charge in [-0.1, -0.05) is 64.1 Å². The average Bonchev–Trinajstić information content (AvgIpc) is 3.01. The molecule has 3 fully saturated rings. The summed E-state index contributed by atoms with van der Waals surface area (Å²) in [5.74, 6) is -2.20. The number of carbonyl (C=O) groups excluding carboxylic acids is 2. The maximum atomic E-state index is 15.1. The molecule has 84 heavy (non-hydrogen) atoms. The number of aromatic nitrogens is 5. The number of likely N-dealkylation sites (N-methyl/N-ethyl adjacent to an activating group) is 1. The molecule has 22 nitrogen and oxygen atoms in total. The molecule has 1 aromatic carbocycles. The molecule has 4 aliphatic rings. The first-order valence-corrected chi connectivity index (χ1v) is 29.9. The zero-order chi connectivity index (χ0) is 61.6. The number of benzene rings is 1. The molecule has 3 aromatic rings. The van der Waals surface area contributed by atoms with Crippen LogP contribution in [0.4, 0.5) is 15.1 Å². The molecule has 20 atom stereocenters. The molecular formula is C61H96FN9O13. The van der Waals surface area contributed by atoms with Gasteiger partial charge in [0.25, 0.3) is 0 Å². The highest BCUT2D eigenvalue weighted by Crippen LogP contribution is 2.46. The van der Waals surface area contributed by atoms with Crippen molar-refractivity contribution in [1.82, 2.24) is 29.9 Å². The number of methoxy groups -OCH3 is 3. The summed E-state index contributed by atoms with van der Waals surface area (Å²) in [5, 5.41) is 33.0. The van der Waals surface area contributed by atoms with Crippen molar-refractivity contribution < 1.29 is 66.8 Å². The molecule has 6 N–H and O–H groups in total. The summed E-state index contributed by atoms with van der Waals surface area (Å²) < 4.78 is 73.6. The van der Waals surface area contributed by atoms with Crippen LogP contribution in [0.5, 0.6) is 0 Å². The van der Waals surface area contributed by atoms with Gasteiger partial charge in [0, 0.05) is 88.5 Å². The van der Waals surface area contributed by atoms with E-state index >= 15 is 4.39 Å². The molecule has 0 aliphatic carbocycles. The number of aliphatic hydroxyl groups is 2. The number of fused-ring (bicyclic) bond motifs is 1. The molecule has 1 amide bonds. The zero-order valence-electron chi connectivity index (χ0n) is 52.1. The first kappa shape index (κ1) is 66.7. The molecule has 0 radical (unpaired) electrons. The number of hydrogen-bond donors (Lipinski definition) is 4. The van der Waals surface area contributed by atoms with Gasteiger partial charge in [0.1, 0.15) is 42.7 Å². The van der Waals surface area contributed by atoms with Crippen molar-refractivity contribution in [2.45, 2.75) is 205 Å². The van der Waals surface area contributed by atoms with Crippen LogP contribution in [-0.2, 0) is 53.8 Å². The van der Waals surface area contributed by atoms with Crippen LogP contribution in [0, 0.1) is 35.5 Å². The number of amides is 1. The van der Waals surface area contributed by atoms with E-state index in [4.69, 9.17) is 59.1 Å². The second kappa shape index (κ2) is 28.3. The van der Waals surface area contributed by atoms with Crippen molar-refractivity contribution >= 4 is 23.7 Å². The topological polar surface area (TPSA) is 282 Å². The molecule has 2 aromatic heterocycles. The van der Waals surface area contributed by atoms with Gasteiger partial charge in [-0.05, 0) is 103 Å². The number of nitrogen functional groups attached to an aromatic ring is 1. The Balaban J connectivity index is 1.17. The summed E-state index contributed by atoms with van der Waals surface area (Å²) in [6, 6.07) is 6.33. The first-order valence-electron chi connectivity index (χ1n) is 29.9. The summed E-state index contributed by atoms with van der Waals surface area (Å²) in [6.07, 6.45) is -0.870. The average molecular weight is 1180 g/mol. The lowest BCUT2D eigenvalue weighted by Gasteiger charge is -2.52. The molecule has 2 unspecified atom stereocenters. The number of alkyl halides is 1. The van der Waals surface area contributed by atoms with Crippen LogP contribution in [-0.4, -0.2) is 191 Å². The molecule has 6 heterocycles. The Morgan fingerprint density at radius 3 is 2.31 bits per heavy atom. The third-order valence-corrected chi connectivity index (χ3v) is 18.8. The molecule has 0 saturated carbocycles. The number of aliphatic hydroxyl groups excluding tert-OH is 2. The zero-order valence-corrected chi connectivity index (χ0v) is 52.1. The number of hydrogen-bond acceptors (Lipinski definition) is 20. The van der Waals surface area contributed by atoms with Crippen LogP contribution >= 0.6 is 0 Å². The minimum absolute atomic E-state index is 0.0759. The highest BCUT2D eigenvalue weighted by molar-refractivity contribution is 5.89. The maximum absolute atomic E-state index is 15.1. The van der Waals surface area contributed by atoms with Gasteiger partial charge in [0.05, 0.1) is 66.5 Å². The van der Waals surface area contributed by atoms with Gasteiger partial charge >= 0.3 is 12.1 Å². The van der Waals surface area contributed by atoms with Crippen molar-refractivity contribution in [3.63, 3.8) is 0 Å². The summed E-state index contributed by atoms with van der Waals surface area (Å²) in [5.41, 5.74) is 11.8. The van der Waals surface area contributed by atoms with Gasteiger partial charge in [-0.3, -0.25) is 9.79 Å². The predicted molar refractivity (Wildman–Crippen MR) is 312 cm³/mol. The molecule has 470 valence electrons. The highest BCUT2D eigenvalue weighted by Gasteiger charge is 2.55. The van der Waals surface area contributed by atoms with E-state index in [1.165, 1.54) is 11.8 Å². The summed E-state index contributed by atoms with van der Waals surface area (Å²) in [6.45, 7) is 21.8. The lowest BCUT2D eigenvalue weighted by Crippen LogP contribution is -2.62. The number of rotatable bonds is 27. The normalized spacial score (nSPS) is 30.2. The molecule has 0 bridgehead atoms. The minimum atomic E-state index is -1.27. The van der Waals surface area contributed by atoms with Gasteiger partial charge in [0.2, 0.25) is 5.95 Å². The fourth-order valence-electron chi connectivity index (χ4n) is 13.9. The third kappa shape index (κ3) is 15.1. The van der Waals surface area contributed by atoms with Crippen LogP contribution in [0.2, 0.25) is 0 Å². The second-order valence-electron chi connectivity index (χ2n) is 25.2. The highest BCUT2D eigenvalue weighted by atomic mass is 19.1. The Kier molecular flexibility index (Phi) is 22.5. The van der Waals surface area contributed by atoms with E-state index < -0.39 is 114 Å². The third-order valence-electron chi connectivity index (χ3n) is 18.8. The summed E-state index contributed by atoms with van der Waals surface area (Å²) in [4.78, 5) is 42.5. The van der Waals surface area contributed by atoms with Gasteiger partial charge in [-0.25, -0.2) is 23.8 Å². The Morgan fingerprint density at radius 2 is 1.69 bits per heavy atom. The monoisotopic (exact) mass is 1180 g/mol. The van der Waals surface area contributed by atoms with Crippen LogP contribution < -0.4 is 11.5 Å². The number of anilines is 1. The molecule has 23 heteroatoms. The van der Waals surface area contributed by atoms with Crippen molar-refractivity contribution in [2.24, 2.45) is 46.2 Å². The number of ether oxygens (including phenoxy) is 9. The first-order chi connectivity index (χ1) is 39.7. The Hall–Kier alpha value is -4.82. The van der Waals surface area contributed by atoms with Crippen LogP contribution in [0.25, 0.3) is 11.1 Å². The van der Waals surface area contributed by atoms with Crippen molar-refractivity contribution in [1.29, 1.82) is 0 Å². The van der Waals surface area contributed by atoms with Crippen molar-refractivity contribution in [3.8, 4) is 11.1 Å². The largest absolute Gasteiger partial charge is 0.458 e. The van der Waals surface area contributed by atoms with Gasteiger partial charge in [-0.2, -0.15) is 0 Å². The molecular weight excluding hydrogens is 1090 g/mol. The maximum Gasteiger partial charge on any atom is 0.405 e. The summed E-state index contributed by atoms with van der Waals surface area (Å²) >= 11 is 0. The van der Waals surface area contributed by atoms with Crippen LogP contribution in [0.15, 0.2) is 47.8 Å². The van der Waals surface area contributed by atoms with Crippen LogP contribution in [0.3, 0.4) is 0 Å². The fraction of sp³-hybridized carbons (Fsp3) is 0.754. The van der Waals surface area contributed by atoms with E-state index in [-0.39, 0.29) is 36.4 Å². The van der Waals surface area contributed by atoms with Crippen LogP contribution in [0.1, 0.15) is 132 Å². The second-order valence-corrected chi connectivity index (χ2v) is 25.2. The molecule has 0 spiro atoms. The number of carbonyl (C=O) groups is 2. The number of halogens is 1. The fourth-order valence-corrected chi connectivity index (χ4v) is 13.9. The van der Waals surface area contributed by atoms with Crippen molar-refractivity contribution in [2.75, 3.05) is 60.5 Å². The Bertz CT molecular complexity index is 2640. The number of esters is 1. The standard InChI is InChI=1S/C61H96FN9O13/c1-16-48(59(8,9)84-58(64)75)82-55(74)37(6)49(47-26-60(10,77-14)53(73)38(7)81-47)36(5)54(61(11,78-15)25-34(3)50-33(2)23-41-31-79-32-44(41)67-50)83-56-51(72)45(24-35(4)80-56)70(12)22-21-43-30-71(69-68-43)46(27-62)52(76-13)40-19-17-39(18-20-40)42-28-65-57(63)66-29-42/h17-20,28-30,33-38,41,44-49,51-54,56,72-73H,16,21-27,31-32H2,1-15H3,(H2,64,75)(H2,63,65,66)/t33-,34-,35-,36+,37?,38+,41+,44-,45+,46-,47?,48-,49+,51-,52-,53+,54-,56+,60-,61-/m1/s1. The number of primary amides is 1. The van der Waals surface area contributed by atoms with Gasteiger partial charge in [0.15, 0.2) is 6.29 Å². The van der Waals surface area contributed by atoms with Gasteiger partial charge in [-0.15, -0.1) is 5.10 Å². The van der Waals surface area contributed by atoms with E-state index in [1.807, 2.05) is 65.9 Å². The number of nitrogens with zero attached hydrogens (tertiary/aromatic N) is 7. The van der Waals surface area contributed by atoms with Gasteiger partial charge < -0.3 is 69.2 Å². The smallest absolute Gasteiger partial charge is 0.405 e. The molecule has 4 aliphatic heterocycles. The Morgan fingerprint density at radius 1 is 1.00 bits per heavy atom. The number of nitrogens with two attached hydrogens (primary N) is 2. The lowest BCUT2D eigenvalue weighted by atomic mass is 9.68. The summed E-state index contributed by atoms with van der Waals surface area (Å²) in [7, 11) is 6.66. The minimum Gasteiger partial charge on any atom is -0.458 e. The van der Waals surface area contributed by atoms with E-state index in [1.54, 1.807) is 60.5 Å². The Labute approximate surface area is 495 Å². The van der Waals surface area contributed by atoms with E-state index in [0.717, 1.165) is 28.8 Å². The quantitative estimate of drug-likeness (QED) is 0.0565. The lowest BCUT2D eigenvalue weighted by molar-refractivity contribution is -0.304. The number of aliphatic imine (C=N–C) groups is 1.